The monoisotopic (exact) mass is 592 g/mol. The van der Waals surface area contributed by atoms with E-state index in [9.17, 15) is 23.4 Å². The van der Waals surface area contributed by atoms with Gasteiger partial charge in [-0.3, -0.25) is 4.72 Å². The van der Waals surface area contributed by atoms with E-state index < -0.39 is 22.3 Å². The van der Waals surface area contributed by atoms with Crippen LogP contribution in [0.25, 0.3) is 0 Å². The Bertz CT molecular complexity index is 1600. The van der Waals surface area contributed by atoms with Crippen molar-refractivity contribution in [1.29, 1.82) is 0 Å². The minimum absolute atomic E-state index is 0.0710. The summed E-state index contributed by atoms with van der Waals surface area (Å²) in [6.45, 7) is -0.0710. The molecule has 0 aliphatic carbocycles. The molecule has 11 heteroatoms. The van der Waals surface area contributed by atoms with E-state index in [-0.39, 0.29) is 29.3 Å². The van der Waals surface area contributed by atoms with Crippen molar-refractivity contribution in [3.8, 4) is 0 Å². The Morgan fingerprint density at radius 3 is 2.46 bits per heavy atom. The quantitative estimate of drug-likeness (QED) is 0.207. The topological polar surface area (TPSA) is 135 Å². The molecule has 3 atom stereocenters. The molecule has 9 nitrogen and oxygen atoms in total. The first-order valence-electron chi connectivity index (χ1n) is 12.8. The first-order chi connectivity index (χ1) is 19.8. The highest BCUT2D eigenvalue weighted by molar-refractivity contribution is 7.99. The Morgan fingerprint density at radius 1 is 0.951 bits per heavy atom. The van der Waals surface area contributed by atoms with E-state index in [0.29, 0.717) is 28.5 Å². The SMILES string of the molecule is O=C(O)c1cccnc1SC[C@H]1C[C@@H](c2ccc(CO)cc2)O[C@@H](c2cccc(NS(=O)(=O)c3ccccc3)c2)O1. The highest BCUT2D eigenvalue weighted by Crippen LogP contribution is 2.40. The van der Waals surface area contributed by atoms with Gasteiger partial charge in [0.1, 0.15) is 5.03 Å². The van der Waals surface area contributed by atoms with Gasteiger partial charge in [-0.2, -0.15) is 0 Å². The number of rotatable bonds is 10. The van der Waals surface area contributed by atoms with E-state index >= 15 is 0 Å². The molecule has 212 valence electrons. The number of hydrogen-bond acceptors (Lipinski definition) is 8. The van der Waals surface area contributed by atoms with Crippen molar-refractivity contribution in [3.05, 3.63) is 119 Å². The summed E-state index contributed by atoms with van der Waals surface area (Å²) in [5, 5.41) is 19.4. The number of carboxylic acid groups (broad SMARTS) is 1. The second kappa shape index (κ2) is 12.8. The fraction of sp³-hybridized carbons (Fsp3) is 0.200. The fourth-order valence-corrected chi connectivity index (χ4v) is 6.50. The summed E-state index contributed by atoms with van der Waals surface area (Å²) in [4.78, 5) is 16.0. The summed E-state index contributed by atoms with van der Waals surface area (Å²) < 4.78 is 41.1. The third kappa shape index (κ3) is 7.13. The molecule has 1 aromatic heterocycles. The van der Waals surface area contributed by atoms with Crippen LogP contribution in [0, 0.1) is 0 Å². The lowest BCUT2D eigenvalue weighted by molar-refractivity contribution is -0.245. The summed E-state index contributed by atoms with van der Waals surface area (Å²) in [5.41, 5.74) is 2.78. The zero-order chi connectivity index (χ0) is 28.8. The number of carboxylic acids is 1. The van der Waals surface area contributed by atoms with Crippen LogP contribution in [0.5, 0.6) is 0 Å². The lowest BCUT2D eigenvalue weighted by Crippen LogP contribution is -2.31. The van der Waals surface area contributed by atoms with Crippen molar-refractivity contribution >= 4 is 33.4 Å². The number of nitrogens with one attached hydrogen (secondary N) is 1. The van der Waals surface area contributed by atoms with Gasteiger partial charge in [-0.05, 0) is 47.5 Å². The molecule has 1 aliphatic rings. The van der Waals surface area contributed by atoms with Crippen LogP contribution in [0.2, 0.25) is 0 Å². The highest BCUT2D eigenvalue weighted by Gasteiger charge is 2.33. The number of nitrogens with zero attached hydrogens (tertiary/aromatic N) is 1. The first-order valence-corrected chi connectivity index (χ1v) is 15.3. The Balaban J connectivity index is 1.39. The van der Waals surface area contributed by atoms with Crippen LogP contribution in [-0.2, 0) is 26.1 Å². The smallest absolute Gasteiger partial charge is 0.338 e. The predicted octanol–water partition coefficient (Wildman–Crippen LogP) is 5.41. The molecule has 1 saturated heterocycles. The molecule has 3 aromatic carbocycles. The third-order valence-electron chi connectivity index (χ3n) is 6.49. The number of carbonyl (C=O) groups is 1. The highest BCUT2D eigenvalue weighted by atomic mass is 32.2. The van der Waals surface area contributed by atoms with Gasteiger partial charge in [-0.15, -0.1) is 11.8 Å². The number of aliphatic hydroxyl groups excluding tert-OH is 1. The number of pyridine rings is 1. The Kier molecular flexibility index (Phi) is 9.01. The van der Waals surface area contributed by atoms with Crippen molar-refractivity contribution in [2.24, 2.45) is 0 Å². The molecule has 0 saturated carbocycles. The second-order valence-electron chi connectivity index (χ2n) is 9.37. The van der Waals surface area contributed by atoms with Crippen molar-refractivity contribution < 1.29 is 32.9 Å². The molecular formula is C30H28N2O7S2. The largest absolute Gasteiger partial charge is 0.478 e. The van der Waals surface area contributed by atoms with Crippen molar-refractivity contribution in [2.75, 3.05) is 10.5 Å². The Hall–Kier alpha value is -3.74. The number of anilines is 1. The average molecular weight is 593 g/mol. The van der Waals surface area contributed by atoms with Crippen LogP contribution in [0.15, 0.2) is 107 Å². The van der Waals surface area contributed by atoms with Gasteiger partial charge in [0.25, 0.3) is 10.0 Å². The fourth-order valence-electron chi connectivity index (χ4n) is 4.43. The van der Waals surface area contributed by atoms with Crippen LogP contribution >= 0.6 is 11.8 Å². The number of benzene rings is 3. The number of aliphatic hydroxyl groups is 1. The van der Waals surface area contributed by atoms with E-state index in [1.54, 1.807) is 54.7 Å². The average Bonchev–Trinajstić information content (AvgIpc) is 3.00. The van der Waals surface area contributed by atoms with Gasteiger partial charge < -0.3 is 19.7 Å². The third-order valence-corrected chi connectivity index (χ3v) is 9.02. The molecule has 5 rings (SSSR count). The van der Waals surface area contributed by atoms with Crippen LogP contribution in [0.3, 0.4) is 0 Å². The molecule has 0 amide bonds. The molecular weight excluding hydrogens is 564 g/mol. The zero-order valence-electron chi connectivity index (χ0n) is 21.8. The van der Waals surface area contributed by atoms with Gasteiger partial charge in [0, 0.05) is 29.6 Å². The van der Waals surface area contributed by atoms with Gasteiger partial charge in [-0.25, -0.2) is 18.2 Å². The standard InChI is InChI=1S/C30H28N2O7S2/c33-18-20-11-13-21(14-12-20)27-17-24(19-40-28-26(29(34)35)10-5-15-31-28)38-30(39-27)22-6-4-7-23(16-22)32-41(36,37)25-8-2-1-3-9-25/h1-16,24,27,30,32-33H,17-19H2,(H,34,35)/t24-,27+,30+/m1/s1. The maximum atomic E-state index is 12.9. The van der Waals surface area contributed by atoms with E-state index in [1.807, 2.05) is 24.3 Å². The van der Waals surface area contributed by atoms with E-state index in [1.165, 1.54) is 30.0 Å². The van der Waals surface area contributed by atoms with E-state index in [4.69, 9.17) is 9.47 Å². The lowest BCUT2D eigenvalue weighted by atomic mass is 10.0. The Morgan fingerprint density at radius 2 is 1.73 bits per heavy atom. The van der Waals surface area contributed by atoms with Crippen molar-refractivity contribution in [2.45, 2.75) is 41.4 Å². The molecule has 2 heterocycles. The molecule has 4 aromatic rings. The molecule has 41 heavy (non-hydrogen) atoms. The van der Waals surface area contributed by atoms with Gasteiger partial charge in [0.05, 0.1) is 29.3 Å². The number of hydrogen-bond donors (Lipinski definition) is 3. The summed E-state index contributed by atoms with van der Waals surface area (Å²) >= 11 is 1.29. The number of ether oxygens (including phenoxy) is 2. The molecule has 0 bridgehead atoms. The van der Waals surface area contributed by atoms with Crippen LogP contribution < -0.4 is 4.72 Å². The number of thioether (sulfide) groups is 1. The second-order valence-corrected chi connectivity index (χ2v) is 12.1. The maximum Gasteiger partial charge on any atom is 0.338 e. The molecule has 1 fully saturated rings. The van der Waals surface area contributed by atoms with E-state index in [2.05, 4.69) is 9.71 Å². The van der Waals surface area contributed by atoms with Crippen molar-refractivity contribution in [1.82, 2.24) is 4.98 Å². The summed E-state index contributed by atoms with van der Waals surface area (Å²) in [5.74, 6) is -0.633. The zero-order valence-corrected chi connectivity index (χ0v) is 23.4. The summed E-state index contributed by atoms with van der Waals surface area (Å²) in [7, 11) is -3.79. The number of sulfonamides is 1. The first kappa shape index (κ1) is 28.8. The molecule has 0 spiro atoms. The predicted molar refractivity (Wildman–Crippen MR) is 154 cm³/mol. The van der Waals surface area contributed by atoms with Crippen LogP contribution in [0.4, 0.5) is 5.69 Å². The summed E-state index contributed by atoms with van der Waals surface area (Å²) in [6.07, 6.45) is 0.530. The maximum absolute atomic E-state index is 12.9. The number of aromatic carboxylic acids is 1. The van der Waals surface area contributed by atoms with Crippen molar-refractivity contribution in [3.63, 3.8) is 0 Å². The summed E-state index contributed by atoms with van der Waals surface area (Å²) in [6, 6.07) is 25.5. The van der Waals surface area contributed by atoms with Gasteiger partial charge in [-0.1, -0.05) is 54.6 Å². The molecule has 0 unspecified atom stereocenters. The molecule has 0 radical (unpaired) electrons. The normalized spacial score (nSPS) is 19.0. The molecule has 1 aliphatic heterocycles. The van der Waals surface area contributed by atoms with E-state index in [0.717, 1.165) is 11.1 Å². The van der Waals surface area contributed by atoms with Gasteiger partial charge >= 0.3 is 5.97 Å². The van der Waals surface area contributed by atoms with Crippen LogP contribution in [0.1, 0.15) is 45.9 Å². The minimum atomic E-state index is -3.79. The lowest BCUT2D eigenvalue weighted by Gasteiger charge is -2.36. The number of aromatic nitrogens is 1. The Labute approximate surface area is 242 Å². The van der Waals surface area contributed by atoms with Gasteiger partial charge in [0.15, 0.2) is 6.29 Å². The minimum Gasteiger partial charge on any atom is -0.478 e. The van der Waals surface area contributed by atoms with Crippen LogP contribution in [-0.4, -0.2) is 41.4 Å². The van der Waals surface area contributed by atoms with Gasteiger partial charge in [0.2, 0.25) is 0 Å². The molecule has 3 N–H and O–H groups in total.